The number of nitrogens with zero attached hydrogens (tertiary/aromatic N) is 5. The van der Waals surface area contributed by atoms with Gasteiger partial charge in [0, 0.05) is 16.7 Å². The van der Waals surface area contributed by atoms with E-state index in [1.807, 2.05) is 20.8 Å². The van der Waals surface area contributed by atoms with Gasteiger partial charge in [-0.15, -0.1) is 20.0 Å². The highest BCUT2D eigenvalue weighted by atomic mass is 32.2. The number of rotatable bonds is 9. The van der Waals surface area contributed by atoms with Crippen molar-refractivity contribution in [2.24, 2.45) is 15.4 Å². The van der Waals surface area contributed by atoms with Crippen molar-refractivity contribution >= 4 is 54.7 Å². The Morgan fingerprint density at radius 1 is 0.894 bits per heavy atom. The molecule has 0 amide bonds. The van der Waals surface area contributed by atoms with Gasteiger partial charge in [0.1, 0.15) is 5.69 Å². The number of carbonyl (C=O) groups is 2. The van der Waals surface area contributed by atoms with E-state index in [4.69, 9.17) is 5.14 Å². The van der Waals surface area contributed by atoms with E-state index in [1.165, 1.54) is 28.9 Å². The van der Waals surface area contributed by atoms with Gasteiger partial charge < -0.3 is 15.2 Å². The quantitative estimate of drug-likeness (QED) is 0.137. The minimum absolute atomic E-state index is 0.0858. The number of fused-ring (bicyclic) bond motifs is 1. The van der Waals surface area contributed by atoms with E-state index in [-0.39, 0.29) is 17.1 Å². The maximum Gasteiger partial charge on any atom is 0.335 e. The van der Waals surface area contributed by atoms with E-state index < -0.39 is 64.1 Å². The Kier molecular flexibility index (Phi) is 8.16. The lowest BCUT2D eigenvalue weighted by molar-refractivity contribution is 0.0696. The van der Waals surface area contributed by atoms with Crippen LogP contribution in [0.3, 0.4) is 0 Å². The molecule has 6 N–H and O–H groups in total. The summed E-state index contributed by atoms with van der Waals surface area (Å²) in [5.74, 6) is -3.66. The molecule has 2 heterocycles. The van der Waals surface area contributed by atoms with Crippen molar-refractivity contribution in [2.45, 2.75) is 36.0 Å². The lowest BCUT2D eigenvalue weighted by Gasteiger charge is -2.15. The fraction of sp³-hybridized carbons (Fsp3) is 0.143. The molecule has 5 rings (SSSR count). The van der Waals surface area contributed by atoms with Crippen molar-refractivity contribution < 1.29 is 41.0 Å². The molecule has 2 aromatic heterocycles. The number of aromatic amines is 1. The summed E-state index contributed by atoms with van der Waals surface area (Å²) in [5.41, 5.74) is -0.240. The minimum Gasteiger partial charge on any atom is -0.478 e. The molecule has 0 radical (unpaired) electrons. The molecule has 0 aliphatic rings. The minimum atomic E-state index is -4.38. The number of carboxylic acid groups (broad SMARTS) is 2. The molecule has 0 saturated heterocycles. The predicted octanol–water partition coefficient (Wildman–Crippen LogP) is 4.42. The van der Waals surface area contributed by atoms with Gasteiger partial charge in [-0.1, -0.05) is 20.8 Å². The number of benzene rings is 3. The van der Waals surface area contributed by atoms with Crippen LogP contribution < -0.4 is 9.86 Å². The van der Waals surface area contributed by atoms with Crippen molar-refractivity contribution in [3.63, 3.8) is 0 Å². The number of aromatic carboxylic acids is 2. The fourth-order valence-electron chi connectivity index (χ4n) is 4.30. The Morgan fingerprint density at radius 3 is 2.04 bits per heavy atom. The summed E-state index contributed by atoms with van der Waals surface area (Å²) in [4.78, 5) is 24.9. The molecular weight excluding hydrogens is 659 g/mol. The number of nitrogens with two attached hydrogens (primary N) is 1. The highest BCUT2D eigenvalue weighted by Crippen LogP contribution is 2.36. The van der Waals surface area contributed by atoms with Crippen molar-refractivity contribution in [3.05, 3.63) is 83.3 Å². The summed E-state index contributed by atoms with van der Waals surface area (Å²) < 4.78 is 67.2. The third-order valence-electron chi connectivity index (χ3n) is 6.61. The zero-order valence-electron chi connectivity index (χ0n) is 24.6. The van der Waals surface area contributed by atoms with Gasteiger partial charge in [0.25, 0.3) is 10.0 Å². The zero-order chi connectivity index (χ0) is 34.5. The Balaban J connectivity index is 1.45. The van der Waals surface area contributed by atoms with Crippen LogP contribution >= 0.6 is 0 Å². The number of nitrogens with one attached hydrogen (secondary N) is 2. The zero-order valence-corrected chi connectivity index (χ0v) is 26.3. The van der Waals surface area contributed by atoms with Crippen LogP contribution in [0.4, 0.5) is 21.5 Å². The number of anilines is 1. The third-order valence-corrected chi connectivity index (χ3v) is 8.88. The van der Waals surface area contributed by atoms with Crippen LogP contribution in [-0.4, -0.2) is 58.8 Å². The summed E-state index contributed by atoms with van der Waals surface area (Å²) in [6, 6.07) is 11.4. The SMILES string of the molecule is CC(C)(C)c1nn2nc(-c3ccc(NS(=O)(=O)c4cc(C(=O)O)cc(C(=O)O)c4)cc3)[nH]c2c1/N=N/c1ccc(S(N)(=O)=O)cc1F. The maximum absolute atomic E-state index is 14.6. The summed E-state index contributed by atoms with van der Waals surface area (Å²) in [7, 11) is -8.50. The molecular formula is C28H25FN8O8S2. The summed E-state index contributed by atoms with van der Waals surface area (Å²) in [6.07, 6.45) is 0. The first-order chi connectivity index (χ1) is 21.8. The van der Waals surface area contributed by atoms with Crippen LogP contribution in [-0.2, 0) is 25.5 Å². The van der Waals surface area contributed by atoms with Gasteiger partial charge in [-0.25, -0.2) is 36.0 Å². The molecule has 0 atom stereocenters. The summed E-state index contributed by atoms with van der Waals surface area (Å²) in [6.45, 7) is 5.61. The molecule has 0 unspecified atom stereocenters. The van der Waals surface area contributed by atoms with Crippen LogP contribution in [0, 0.1) is 5.82 Å². The number of aromatic nitrogens is 4. The second-order valence-electron chi connectivity index (χ2n) is 11.2. The van der Waals surface area contributed by atoms with E-state index in [2.05, 4.69) is 30.1 Å². The molecule has 0 saturated carbocycles. The molecule has 0 aliphatic heterocycles. The van der Waals surface area contributed by atoms with E-state index in [0.29, 0.717) is 22.7 Å². The second-order valence-corrected chi connectivity index (χ2v) is 14.4. The monoisotopic (exact) mass is 684 g/mol. The van der Waals surface area contributed by atoms with Gasteiger partial charge in [-0.2, -0.15) is 5.10 Å². The molecule has 244 valence electrons. The Labute approximate surface area is 265 Å². The van der Waals surface area contributed by atoms with Crippen LogP contribution in [0.2, 0.25) is 0 Å². The van der Waals surface area contributed by atoms with Crippen molar-refractivity contribution in [3.8, 4) is 11.4 Å². The van der Waals surface area contributed by atoms with Gasteiger partial charge >= 0.3 is 11.9 Å². The Bertz CT molecular complexity index is 2290. The number of halogens is 1. The average Bonchev–Trinajstić information content (AvgIpc) is 3.55. The van der Waals surface area contributed by atoms with Crippen LogP contribution in [0.15, 0.2) is 80.7 Å². The first-order valence-electron chi connectivity index (χ1n) is 13.3. The fourth-order valence-corrected chi connectivity index (χ4v) is 5.96. The normalized spacial score (nSPS) is 12.5. The van der Waals surface area contributed by atoms with Gasteiger partial charge in [0.05, 0.1) is 26.6 Å². The highest BCUT2D eigenvalue weighted by molar-refractivity contribution is 7.92. The number of azo groups is 1. The van der Waals surface area contributed by atoms with Crippen LogP contribution in [0.5, 0.6) is 0 Å². The molecule has 0 bridgehead atoms. The van der Waals surface area contributed by atoms with Gasteiger partial charge in [-0.05, 0) is 60.7 Å². The highest BCUT2D eigenvalue weighted by Gasteiger charge is 2.27. The second kappa shape index (κ2) is 11.7. The smallest absolute Gasteiger partial charge is 0.335 e. The number of carboxylic acids is 2. The average molecular weight is 685 g/mol. The van der Waals surface area contributed by atoms with Gasteiger partial charge in [0.15, 0.2) is 23.0 Å². The lowest BCUT2D eigenvalue weighted by atomic mass is 9.91. The van der Waals surface area contributed by atoms with Crippen LogP contribution in [0.25, 0.3) is 17.0 Å². The lowest BCUT2D eigenvalue weighted by Crippen LogP contribution is -2.15. The van der Waals surface area contributed by atoms with E-state index >= 15 is 0 Å². The summed E-state index contributed by atoms with van der Waals surface area (Å²) >= 11 is 0. The molecule has 0 spiro atoms. The maximum atomic E-state index is 14.6. The summed E-state index contributed by atoms with van der Waals surface area (Å²) in [5, 5.41) is 40.7. The van der Waals surface area contributed by atoms with E-state index in [1.54, 1.807) is 0 Å². The van der Waals surface area contributed by atoms with E-state index in [0.717, 1.165) is 36.4 Å². The number of H-pyrrole nitrogens is 1. The number of hydrogen-bond donors (Lipinski definition) is 5. The molecule has 16 nitrogen and oxygen atoms in total. The van der Waals surface area contributed by atoms with Gasteiger partial charge in [-0.3, -0.25) is 4.72 Å². The Morgan fingerprint density at radius 2 is 1.51 bits per heavy atom. The molecule has 0 aliphatic carbocycles. The largest absolute Gasteiger partial charge is 0.478 e. The standard InChI is InChI=1S/C28H25FN8O8S2/c1-28(2,3)23-22(33-32-21-9-8-18(13-20(21)29)46(30,42)43)25-31-24(35-37(25)34-23)14-4-6-17(7-5-14)36-47(44,45)19-11-15(26(38)39)10-16(12-19)27(40)41/h4-13,36H,1-3H3,(H,31,35)(H,38,39)(H,40,41)(H2,30,42,43)/b33-32+. The number of sulfonamides is 2. The van der Waals surface area contributed by atoms with Crippen molar-refractivity contribution in [1.29, 1.82) is 0 Å². The van der Waals surface area contributed by atoms with Crippen molar-refractivity contribution in [2.75, 3.05) is 4.72 Å². The third kappa shape index (κ3) is 6.86. The molecule has 47 heavy (non-hydrogen) atoms. The number of primary sulfonamides is 1. The van der Waals surface area contributed by atoms with Crippen molar-refractivity contribution in [1.82, 2.24) is 19.8 Å². The Hall–Kier alpha value is -5.53. The first kappa shape index (κ1) is 32.9. The molecule has 5 aromatic rings. The van der Waals surface area contributed by atoms with Gasteiger partial charge in [0.2, 0.25) is 10.0 Å². The molecule has 0 fully saturated rings. The predicted molar refractivity (Wildman–Crippen MR) is 165 cm³/mol. The number of hydrogen-bond acceptors (Lipinski definition) is 10. The molecule has 19 heteroatoms. The molecule has 3 aromatic carbocycles. The van der Waals surface area contributed by atoms with Crippen LogP contribution in [0.1, 0.15) is 47.2 Å². The topological polar surface area (TPSA) is 252 Å². The first-order valence-corrected chi connectivity index (χ1v) is 16.3. The van der Waals surface area contributed by atoms with E-state index in [9.17, 15) is 41.0 Å².